The van der Waals surface area contributed by atoms with Crippen molar-refractivity contribution >= 4 is 16.8 Å². The normalized spacial score (nSPS) is 12.8. The first-order chi connectivity index (χ1) is 13.6. The lowest BCUT2D eigenvalue weighted by Gasteiger charge is -2.26. The molecule has 144 valence electrons. The Morgan fingerprint density at radius 2 is 1.93 bits per heavy atom. The number of benzene rings is 2. The molecule has 1 aliphatic rings. The number of rotatable bonds is 4. The summed E-state index contributed by atoms with van der Waals surface area (Å²) < 4.78 is 11.5. The fourth-order valence-electron chi connectivity index (χ4n) is 3.57. The molecule has 0 N–H and O–H groups in total. The van der Waals surface area contributed by atoms with Crippen molar-refractivity contribution in [2.45, 2.75) is 27.3 Å². The first-order valence-corrected chi connectivity index (χ1v) is 9.61. The molecular weight excluding hydrogens is 352 g/mol. The summed E-state index contributed by atoms with van der Waals surface area (Å²) in [6.07, 6.45) is 0. The van der Waals surface area contributed by atoms with Crippen LogP contribution >= 0.6 is 0 Å². The van der Waals surface area contributed by atoms with Gasteiger partial charge in [-0.2, -0.15) is 0 Å². The summed E-state index contributed by atoms with van der Waals surface area (Å²) in [7, 11) is 0. The topological polar surface area (TPSA) is 51.7 Å². The Bertz CT molecular complexity index is 1050. The fourth-order valence-corrected chi connectivity index (χ4v) is 3.57. The van der Waals surface area contributed by atoms with Crippen molar-refractivity contribution in [1.29, 1.82) is 0 Å². The van der Waals surface area contributed by atoms with Crippen LogP contribution in [0.4, 0.5) is 0 Å². The van der Waals surface area contributed by atoms with Gasteiger partial charge in [-0.25, -0.2) is 0 Å². The quantitative estimate of drug-likeness (QED) is 0.682. The van der Waals surface area contributed by atoms with Crippen molar-refractivity contribution in [2.75, 3.05) is 19.8 Å². The van der Waals surface area contributed by atoms with E-state index in [0.717, 1.165) is 39.2 Å². The maximum absolute atomic E-state index is 13.3. The van der Waals surface area contributed by atoms with Crippen LogP contribution in [0.1, 0.15) is 34.1 Å². The Morgan fingerprint density at radius 1 is 1.11 bits per heavy atom. The summed E-state index contributed by atoms with van der Waals surface area (Å²) in [6.45, 7) is 8.05. The molecule has 0 atom stereocenters. The van der Waals surface area contributed by atoms with Gasteiger partial charge in [-0.05, 0) is 45.0 Å². The van der Waals surface area contributed by atoms with Gasteiger partial charge in [-0.1, -0.05) is 23.8 Å². The molecule has 5 heteroatoms. The van der Waals surface area contributed by atoms with Crippen LogP contribution in [0.5, 0.6) is 11.5 Å². The number of hydrogen-bond acceptors (Lipinski definition) is 4. The number of fused-ring (bicyclic) bond motifs is 2. The number of pyridine rings is 1. The maximum atomic E-state index is 13.3. The van der Waals surface area contributed by atoms with E-state index in [1.807, 2.05) is 62.1 Å². The molecule has 0 spiro atoms. The Hall–Kier alpha value is -3.08. The summed E-state index contributed by atoms with van der Waals surface area (Å²) in [6, 6.07) is 13.9. The molecular formula is C23H24N2O3. The van der Waals surface area contributed by atoms with Gasteiger partial charge in [0.05, 0.1) is 16.8 Å². The molecule has 0 aliphatic carbocycles. The second kappa shape index (κ2) is 7.50. The number of aryl methyl sites for hydroxylation is 2. The minimum atomic E-state index is -0.0229. The lowest BCUT2D eigenvalue weighted by Crippen LogP contribution is -2.31. The van der Waals surface area contributed by atoms with Crippen LogP contribution in [-0.4, -0.2) is 35.5 Å². The predicted octanol–water partition coefficient (Wildman–Crippen LogP) is 4.29. The van der Waals surface area contributed by atoms with Crippen LogP contribution in [0, 0.1) is 13.8 Å². The van der Waals surface area contributed by atoms with Crippen molar-refractivity contribution in [3.8, 4) is 11.5 Å². The van der Waals surface area contributed by atoms with Gasteiger partial charge in [0.1, 0.15) is 13.2 Å². The first-order valence-electron chi connectivity index (χ1n) is 9.61. The van der Waals surface area contributed by atoms with Gasteiger partial charge >= 0.3 is 0 Å². The predicted molar refractivity (Wildman–Crippen MR) is 109 cm³/mol. The van der Waals surface area contributed by atoms with Crippen molar-refractivity contribution in [3.63, 3.8) is 0 Å². The lowest BCUT2D eigenvalue weighted by molar-refractivity contribution is 0.0748. The summed E-state index contributed by atoms with van der Waals surface area (Å²) in [5, 5.41) is 0.985. The van der Waals surface area contributed by atoms with Crippen LogP contribution in [-0.2, 0) is 6.54 Å². The number of amides is 1. The minimum Gasteiger partial charge on any atom is -0.486 e. The number of carbonyl (C=O) groups excluding carboxylic acids is 1. The molecule has 0 saturated heterocycles. The summed E-state index contributed by atoms with van der Waals surface area (Å²) in [4.78, 5) is 19.8. The van der Waals surface area contributed by atoms with E-state index in [2.05, 4.69) is 11.1 Å². The third-order valence-corrected chi connectivity index (χ3v) is 5.07. The highest BCUT2D eigenvalue weighted by Gasteiger charge is 2.22. The van der Waals surface area contributed by atoms with Crippen molar-refractivity contribution in [3.05, 3.63) is 64.8 Å². The van der Waals surface area contributed by atoms with E-state index in [9.17, 15) is 4.79 Å². The van der Waals surface area contributed by atoms with E-state index >= 15 is 0 Å². The monoisotopic (exact) mass is 376 g/mol. The third-order valence-electron chi connectivity index (χ3n) is 5.07. The Balaban J connectivity index is 1.66. The molecule has 1 amide bonds. The van der Waals surface area contributed by atoms with Crippen LogP contribution in [0.25, 0.3) is 10.9 Å². The van der Waals surface area contributed by atoms with Crippen LogP contribution in [0.2, 0.25) is 0 Å². The zero-order valence-corrected chi connectivity index (χ0v) is 16.5. The van der Waals surface area contributed by atoms with Gasteiger partial charge in [0.2, 0.25) is 0 Å². The highest BCUT2D eigenvalue weighted by molar-refractivity contribution is 5.98. The molecule has 0 unspecified atom stereocenters. The number of carbonyl (C=O) groups is 1. The highest BCUT2D eigenvalue weighted by Crippen LogP contribution is 2.34. The van der Waals surface area contributed by atoms with E-state index in [1.54, 1.807) is 0 Å². The molecule has 28 heavy (non-hydrogen) atoms. The molecule has 0 radical (unpaired) electrons. The SMILES string of the molecule is CCN(Cc1cccc2c1OCCO2)C(=O)c1cc2cc(C)ccc2nc1C. The molecule has 3 aromatic rings. The number of nitrogens with zero attached hydrogens (tertiary/aromatic N) is 2. The van der Waals surface area contributed by atoms with Gasteiger partial charge in [0, 0.05) is 24.0 Å². The van der Waals surface area contributed by atoms with E-state index in [-0.39, 0.29) is 5.91 Å². The van der Waals surface area contributed by atoms with Crippen LogP contribution in [0.15, 0.2) is 42.5 Å². The molecule has 1 aromatic heterocycles. The molecule has 5 nitrogen and oxygen atoms in total. The third kappa shape index (κ3) is 3.40. The molecule has 1 aliphatic heterocycles. The largest absolute Gasteiger partial charge is 0.486 e. The molecule has 0 fully saturated rings. The number of ether oxygens (including phenoxy) is 2. The highest BCUT2D eigenvalue weighted by atomic mass is 16.6. The standard InChI is InChI=1S/C23H24N2O3/c1-4-25(14-17-6-5-7-21-22(17)28-11-10-27-21)23(26)19-13-18-12-15(2)8-9-20(18)24-16(19)3/h5-9,12-13H,4,10-11,14H2,1-3H3. The molecule has 4 rings (SSSR count). The lowest BCUT2D eigenvalue weighted by atomic mass is 10.1. The average molecular weight is 376 g/mol. The number of hydrogen-bond donors (Lipinski definition) is 0. The second-order valence-electron chi connectivity index (χ2n) is 7.08. The molecule has 0 saturated carbocycles. The number of aromatic nitrogens is 1. The zero-order chi connectivity index (χ0) is 19.7. The summed E-state index contributed by atoms with van der Waals surface area (Å²) >= 11 is 0. The minimum absolute atomic E-state index is 0.0229. The van der Waals surface area contributed by atoms with Crippen molar-refractivity contribution < 1.29 is 14.3 Å². The zero-order valence-electron chi connectivity index (χ0n) is 16.5. The van der Waals surface area contributed by atoms with E-state index in [1.165, 1.54) is 0 Å². The Labute approximate surface area is 164 Å². The molecule has 0 bridgehead atoms. The first kappa shape index (κ1) is 18.3. The van der Waals surface area contributed by atoms with Crippen LogP contribution < -0.4 is 9.47 Å². The fraction of sp³-hybridized carbons (Fsp3) is 0.304. The summed E-state index contributed by atoms with van der Waals surface area (Å²) in [5.74, 6) is 1.46. The van der Waals surface area contributed by atoms with E-state index in [4.69, 9.17) is 9.47 Å². The smallest absolute Gasteiger partial charge is 0.256 e. The Kier molecular flexibility index (Phi) is 4.90. The average Bonchev–Trinajstić information content (AvgIpc) is 2.71. The van der Waals surface area contributed by atoms with Crippen molar-refractivity contribution in [2.24, 2.45) is 0 Å². The maximum Gasteiger partial charge on any atom is 0.256 e. The van der Waals surface area contributed by atoms with Gasteiger partial charge in [0.15, 0.2) is 11.5 Å². The van der Waals surface area contributed by atoms with E-state index < -0.39 is 0 Å². The number of para-hydroxylation sites is 1. The van der Waals surface area contributed by atoms with Gasteiger partial charge < -0.3 is 14.4 Å². The van der Waals surface area contributed by atoms with Gasteiger partial charge in [-0.3, -0.25) is 9.78 Å². The van der Waals surface area contributed by atoms with Gasteiger partial charge in [0.25, 0.3) is 5.91 Å². The second-order valence-corrected chi connectivity index (χ2v) is 7.08. The van der Waals surface area contributed by atoms with E-state index in [0.29, 0.717) is 31.9 Å². The van der Waals surface area contributed by atoms with Crippen LogP contribution in [0.3, 0.4) is 0 Å². The van der Waals surface area contributed by atoms with Crippen molar-refractivity contribution in [1.82, 2.24) is 9.88 Å². The molecule has 2 aromatic carbocycles. The van der Waals surface area contributed by atoms with Gasteiger partial charge in [-0.15, -0.1) is 0 Å². The summed E-state index contributed by atoms with van der Waals surface area (Å²) in [5.41, 5.74) is 4.40. The Morgan fingerprint density at radius 3 is 2.75 bits per heavy atom. The molecule has 2 heterocycles.